The van der Waals surface area contributed by atoms with Crippen LogP contribution in [0, 0.1) is 17.8 Å². The molecule has 0 aromatic carbocycles. The van der Waals surface area contributed by atoms with E-state index in [4.69, 9.17) is 4.74 Å². The lowest BCUT2D eigenvalue weighted by molar-refractivity contribution is -0.128. The summed E-state index contributed by atoms with van der Waals surface area (Å²) >= 11 is 0. The van der Waals surface area contributed by atoms with E-state index in [0.29, 0.717) is 25.0 Å². The fourth-order valence-electron chi connectivity index (χ4n) is 4.00. The van der Waals surface area contributed by atoms with Gasteiger partial charge in [0.1, 0.15) is 0 Å². The van der Waals surface area contributed by atoms with Gasteiger partial charge in [0, 0.05) is 63.1 Å². The lowest BCUT2D eigenvalue weighted by atomic mass is 9.90. The molecule has 138 valence electrons. The maximum atomic E-state index is 12.6. The number of pyridine rings is 1. The molecule has 2 fully saturated rings. The molecule has 3 heterocycles. The van der Waals surface area contributed by atoms with Crippen molar-refractivity contribution in [3.05, 3.63) is 30.1 Å². The molecule has 0 saturated carbocycles. The predicted molar refractivity (Wildman–Crippen MR) is 98.2 cm³/mol. The fourth-order valence-corrected chi connectivity index (χ4v) is 4.00. The number of hydrogen-bond acceptors (Lipinski definition) is 4. The smallest absolute Gasteiger partial charge is 0.223 e. The van der Waals surface area contributed by atoms with E-state index in [1.165, 1.54) is 0 Å². The second-order valence-electron chi connectivity index (χ2n) is 7.74. The Labute approximate surface area is 151 Å². The van der Waals surface area contributed by atoms with E-state index in [2.05, 4.69) is 35.1 Å². The van der Waals surface area contributed by atoms with Crippen molar-refractivity contribution >= 4 is 5.91 Å². The van der Waals surface area contributed by atoms with Gasteiger partial charge in [0.05, 0.1) is 0 Å². The molecular formula is C20H31N3O2. The number of carbonyl (C=O) groups is 1. The average Bonchev–Trinajstić information content (AvgIpc) is 3.04. The van der Waals surface area contributed by atoms with Crippen molar-refractivity contribution < 1.29 is 9.53 Å². The Morgan fingerprint density at radius 1 is 1.32 bits per heavy atom. The first-order valence-corrected chi connectivity index (χ1v) is 9.64. The Bertz CT molecular complexity index is 543. The summed E-state index contributed by atoms with van der Waals surface area (Å²) in [7, 11) is 0. The summed E-state index contributed by atoms with van der Waals surface area (Å²) in [6.07, 6.45) is 4.53. The largest absolute Gasteiger partial charge is 0.381 e. The number of ether oxygens (including phenoxy) is 1. The highest BCUT2D eigenvalue weighted by molar-refractivity contribution is 5.79. The van der Waals surface area contributed by atoms with E-state index >= 15 is 0 Å². The number of rotatable bonds is 6. The van der Waals surface area contributed by atoms with E-state index < -0.39 is 0 Å². The van der Waals surface area contributed by atoms with Crippen LogP contribution >= 0.6 is 0 Å². The van der Waals surface area contributed by atoms with Gasteiger partial charge >= 0.3 is 0 Å². The van der Waals surface area contributed by atoms with Crippen LogP contribution in [-0.4, -0.2) is 54.7 Å². The molecule has 5 nitrogen and oxygen atoms in total. The summed E-state index contributed by atoms with van der Waals surface area (Å²) in [6, 6.07) is 6.34. The summed E-state index contributed by atoms with van der Waals surface area (Å²) in [4.78, 5) is 19.5. The van der Waals surface area contributed by atoms with Crippen LogP contribution in [0.2, 0.25) is 0 Å². The molecular weight excluding hydrogens is 314 g/mol. The number of carbonyl (C=O) groups excluding carboxylic acids is 1. The third kappa shape index (κ3) is 5.02. The molecule has 1 N–H and O–H groups in total. The van der Waals surface area contributed by atoms with Crippen molar-refractivity contribution in [3.8, 4) is 0 Å². The number of nitrogens with one attached hydrogen (secondary N) is 1. The van der Waals surface area contributed by atoms with Gasteiger partial charge in [-0.05, 0) is 36.8 Å². The van der Waals surface area contributed by atoms with E-state index in [1.54, 1.807) is 0 Å². The molecule has 0 spiro atoms. The lowest BCUT2D eigenvalue weighted by Gasteiger charge is -2.27. The van der Waals surface area contributed by atoms with Crippen LogP contribution in [0.5, 0.6) is 0 Å². The summed E-state index contributed by atoms with van der Waals surface area (Å²) in [6.45, 7) is 8.97. The average molecular weight is 345 g/mol. The van der Waals surface area contributed by atoms with Crippen molar-refractivity contribution in [1.82, 2.24) is 15.2 Å². The highest BCUT2D eigenvalue weighted by Gasteiger charge is 2.36. The van der Waals surface area contributed by atoms with Crippen LogP contribution in [0.15, 0.2) is 24.4 Å². The summed E-state index contributed by atoms with van der Waals surface area (Å²) in [5.41, 5.74) is 1.14. The standard InChI is InChI=1S/C20H31N3O2/c1-15(2)18-13-23(10-6-17-5-3-4-9-21-17)14-19(18)22-20(24)16-7-11-25-12-8-16/h3-5,9,15-16,18-19H,6-8,10-14H2,1-2H3,(H,22,24)/t18-,19+/m1/s1. The number of nitrogens with zero attached hydrogens (tertiary/aromatic N) is 2. The van der Waals surface area contributed by atoms with Gasteiger partial charge in [-0.1, -0.05) is 19.9 Å². The molecule has 1 amide bonds. The zero-order chi connectivity index (χ0) is 17.6. The molecule has 0 radical (unpaired) electrons. The van der Waals surface area contributed by atoms with Crippen molar-refractivity contribution in [2.45, 2.75) is 39.2 Å². The Kier molecular flexibility index (Phi) is 6.43. The van der Waals surface area contributed by atoms with Crippen molar-refractivity contribution in [1.29, 1.82) is 0 Å². The first-order chi connectivity index (χ1) is 12.1. The van der Waals surface area contributed by atoms with Gasteiger partial charge in [-0.3, -0.25) is 9.78 Å². The summed E-state index contributed by atoms with van der Waals surface area (Å²) in [5.74, 6) is 1.45. The van der Waals surface area contributed by atoms with E-state index in [0.717, 1.165) is 44.6 Å². The highest BCUT2D eigenvalue weighted by atomic mass is 16.5. The topological polar surface area (TPSA) is 54.5 Å². The van der Waals surface area contributed by atoms with Crippen LogP contribution in [0.25, 0.3) is 0 Å². The maximum absolute atomic E-state index is 12.6. The molecule has 5 heteroatoms. The third-order valence-corrected chi connectivity index (χ3v) is 5.63. The Balaban J connectivity index is 1.53. The molecule has 0 unspecified atom stereocenters. The van der Waals surface area contributed by atoms with Crippen LogP contribution in [-0.2, 0) is 16.0 Å². The minimum absolute atomic E-state index is 0.129. The SMILES string of the molecule is CC(C)[C@H]1CN(CCc2ccccn2)C[C@@H]1NC(=O)C1CCOCC1. The summed E-state index contributed by atoms with van der Waals surface area (Å²) in [5, 5.41) is 3.36. The van der Waals surface area contributed by atoms with Gasteiger partial charge in [-0.15, -0.1) is 0 Å². The van der Waals surface area contributed by atoms with Crippen LogP contribution in [0.3, 0.4) is 0 Å². The quantitative estimate of drug-likeness (QED) is 0.858. The van der Waals surface area contributed by atoms with Gasteiger partial charge in [0.2, 0.25) is 5.91 Å². The van der Waals surface area contributed by atoms with Gasteiger partial charge in [-0.25, -0.2) is 0 Å². The minimum atomic E-state index is 0.129. The molecule has 2 aliphatic rings. The molecule has 2 aliphatic heterocycles. The first-order valence-electron chi connectivity index (χ1n) is 9.64. The second-order valence-corrected chi connectivity index (χ2v) is 7.74. The van der Waals surface area contributed by atoms with E-state index in [-0.39, 0.29) is 17.9 Å². The fraction of sp³-hybridized carbons (Fsp3) is 0.700. The number of likely N-dealkylation sites (tertiary alicyclic amines) is 1. The first kappa shape index (κ1) is 18.3. The Hall–Kier alpha value is -1.46. The third-order valence-electron chi connectivity index (χ3n) is 5.63. The van der Waals surface area contributed by atoms with E-state index in [9.17, 15) is 4.79 Å². The highest BCUT2D eigenvalue weighted by Crippen LogP contribution is 2.25. The molecule has 2 saturated heterocycles. The predicted octanol–water partition coefficient (Wildman–Crippen LogP) is 2.12. The zero-order valence-electron chi connectivity index (χ0n) is 15.5. The molecule has 0 aliphatic carbocycles. The second kappa shape index (κ2) is 8.77. The van der Waals surface area contributed by atoms with Crippen LogP contribution in [0.4, 0.5) is 0 Å². The van der Waals surface area contributed by atoms with Crippen molar-refractivity contribution in [2.75, 3.05) is 32.8 Å². The molecule has 1 aromatic rings. The zero-order valence-corrected chi connectivity index (χ0v) is 15.5. The van der Waals surface area contributed by atoms with Crippen molar-refractivity contribution in [2.24, 2.45) is 17.8 Å². The van der Waals surface area contributed by atoms with Gasteiger partial charge in [-0.2, -0.15) is 0 Å². The molecule has 0 bridgehead atoms. The van der Waals surface area contributed by atoms with E-state index in [1.807, 2.05) is 18.3 Å². The van der Waals surface area contributed by atoms with Gasteiger partial charge in [0.15, 0.2) is 0 Å². The monoisotopic (exact) mass is 345 g/mol. The van der Waals surface area contributed by atoms with Crippen LogP contribution < -0.4 is 5.32 Å². The minimum Gasteiger partial charge on any atom is -0.381 e. The number of amides is 1. The Morgan fingerprint density at radius 3 is 2.80 bits per heavy atom. The normalized spacial score (nSPS) is 25.4. The number of hydrogen-bond donors (Lipinski definition) is 1. The number of aromatic nitrogens is 1. The lowest BCUT2D eigenvalue weighted by Crippen LogP contribution is -2.45. The molecule has 1 aromatic heterocycles. The summed E-state index contributed by atoms with van der Waals surface area (Å²) < 4.78 is 5.38. The maximum Gasteiger partial charge on any atom is 0.223 e. The molecule has 2 atom stereocenters. The van der Waals surface area contributed by atoms with Crippen molar-refractivity contribution in [3.63, 3.8) is 0 Å². The Morgan fingerprint density at radius 2 is 2.12 bits per heavy atom. The van der Waals surface area contributed by atoms with Gasteiger partial charge < -0.3 is 15.0 Å². The molecule has 3 rings (SSSR count). The van der Waals surface area contributed by atoms with Crippen LogP contribution in [0.1, 0.15) is 32.4 Å². The van der Waals surface area contributed by atoms with Gasteiger partial charge in [0.25, 0.3) is 0 Å². The molecule has 25 heavy (non-hydrogen) atoms.